The minimum Gasteiger partial charge on any atom is -0.347 e. The molecule has 1 N–H and O–H groups in total. The van der Waals surface area contributed by atoms with Gasteiger partial charge in [-0.3, -0.25) is 9.78 Å². The highest BCUT2D eigenvalue weighted by atomic mass is 35.6. The molecule has 0 aromatic carbocycles. The molecule has 4 nitrogen and oxygen atoms in total. The summed E-state index contributed by atoms with van der Waals surface area (Å²) >= 11 is 17.8. The first-order valence-electron chi connectivity index (χ1n) is 5.17. The fraction of sp³-hybridized carbons (Fsp3) is 0.182. The van der Waals surface area contributed by atoms with Crippen molar-refractivity contribution in [3.8, 4) is 10.7 Å². The lowest BCUT2D eigenvalue weighted by atomic mass is 10.3. The minimum absolute atomic E-state index is 0.204. The molecule has 0 aliphatic rings. The summed E-state index contributed by atoms with van der Waals surface area (Å²) in [4.78, 5) is 19.9. The number of nitrogens with one attached hydrogen (secondary N) is 1. The van der Waals surface area contributed by atoms with Gasteiger partial charge in [-0.2, -0.15) is 0 Å². The summed E-state index contributed by atoms with van der Waals surface area (Å²) in [5.74, 6) is -0.676. The number of hydrogen-bond acceptors (Lipinski definition) is 4. The number of hydrogen-bond donors (Lipinski definition) is 1. The third kappa shape index (κ3) is 4.04. The van der Waals surface area contributed by atoms with Gasteiger partial charge in [-0.1, -0.05) is 40.9 Å². The Morgan fingerprint density at radius 2 is 2.16 bits per heavy atom. The Bertz CT molecular complexity index is 568. The number of halogens is 3. The van der Waals surface area contributed by atoms with Gasteiger partial charge in [-0.25, -0.2) is 4.98 Å². The van der Waals surface area contributed by atoms with Crippen LogP contribution in [0.3, 0.4) is 0 Å². The van der Waals surface area contributed by atoms with Gasteiger partial charge in [-0.05, 0) is 12.1 Å². The number of rotatable bonds is 3. The molecule has 0 unspecified atom stereocenters. The first kappa shape index (κ1) is 14.5. The lowest BCUT2D eigenvalue weighted by Gasteiger charge is -2.09. The number of thiazole rings is 1. The third-order valence-corrected chi connectivity index (χ3v) is 3.55. The second-order valence-electron chi connectivity index (χ2n) is 3.54. The summed E-state index contributed by atoms with van der Waals surface area (Å²) in [5.41, 5.74) is 1.47. The van der Waals surface area contributed by atoms with Crippen molar-refractivity contribution in [3.63, 3.8) is 0 Å². The molecular weight excluding hydrogens is 329 g/mol. The van der Waals surface area contributed by atoms with Crippen molar-refractivity contribution < 1.29 is 4.79 Å². The van der Waals surface area contributed by atoms with Gasteiger partial charge in [0.2, 0.25) is 0 Å². The molecule has 2 aromatic heterocycles. The van der Waals surface area contributed by atoms with Crippen LogP contribution in [0.25, 0.3) is 10.7 Å². The SMILES string of the molecule is O=C(NCc1csc(-c2ccccn2)n1)C(Cl)(Cl)Cl. The van der Waals surface area contributed by atoms with Gasteiger partial charge in [0, 0.05) is 11.6 Å². The maximum absolute atomic E-state index is 11.4. The predicted molar refractivity (Wildman–Crippen MR) is 77.5 cm³/mol. The second-order valence-corrected chi connectivity index (χ2v) is 6.68. The maximum Gasteiger partial charge on any atom is 0.272 e. The van der Waals surface area contributed by atoms with Crippen LogP contribution in [0, 0.1) is 0 Å². The molecular formula is C11H8Cl3N3OS. The van der Waals surface area contributed by atoms with Gasteiger partial charge in [0.15, 0.2) is 0 Å². The van der Waals surface area contributed by atoms with E-state index in [1.54, 1.807) is 6.20 Å². The standard InChI is InChI=1S/C11H8Cl3N3OS/c12-11(13,14)10(18)16-5-7-6-19-9(17-7)8-3-1-2-4-15-8/h1-4,6H,5H2,(H,16,18). The number of amides is 1. The van der Waals surface area contributed by atoms with E-state index in [1.807, 2.05) is 23.6 Å². The Kier molecular flexibility index (Phi) is 4.62. The number of nitrogens with zero attached hydrogens (tertiary/aromatic N) is 2. The Labute approximate surface area is 128 Å². The van der Waals surface area contributed by atoms with Crippen LogP contribution in [0.2, 0.25) is 0 Å². The highest BCUT2D eigenvalue weighted by molar-refractivity contribution is 7.13. The van der Waals surface area contributed by atoms with Gasteiger partial charge in [0.05, 0.1) is 17.9 Å². The van der Waals surface area contributed by atoms with Crippen molar-refractivity contribution in [1.82, 2.24) is 15.3 Å². The number of pyridine rings is 1. The molecule has 0 saturated carbocycles. The van der Waals surface area contributed by atoms with E-state index in [1.165, 1.54) is 11.3 Å². The monoisotopic (exact) mass is 335 g/mol. The van der Waals surface area contributed by atoms with Crippen LogP contribution >= 0.6 is 46.1 Å². The molecule has 0 saturated heterocycles. The highest BCUT2D eigenvalue weighted by Crippen LogP contribution is 2.26. The molecule has 0 bridgehead atoms. The number of carbonyl (C=O) groups is 1. The third-order valence-electron chi connectivity index (χ3n) is 2.12. The summed E-state index contributed by atoms with van der Waals surface area (Å²) in [6.07, 6.45) is 1.70. The van der Waals surface area contributed by atoms with Crippen molar-refractivity contribution in [2.75, 3.05) is 0 Å². The quantitative estimate of drug-likeness (QED) is 0.876. The summed E-state index contributed by atoms with van der Waals surface area (Å²) in [7, 11) is 0. The van der Waals surface area contributed by atoms with E-state index in [-0.39, 0.29) is 6.54 Å². The molecule has 2 aromatic rings. The van der Waals surface area contributed by atoms with Crippen molar-refractivity contribution in [2.45, 2.75) is 10.3 Å². The molecule has 0 aliphatic heterocycles. The zero-order valence-corrected chi connectivity index (χ0v) is 12.5. The minimum atomic E-state index is -1.96. The number of carbonyl (C=O) groups excluding carboxylic acids is 1. The number of aromatic nitrogens is 2. The van der Waals surface area contributed by atoms with E-state index in [0.29, 0.717) is 5.69 Å². The van der Waals surface area contributed by atoms with Gasteiger partial charge in [0.1, 0.15) is 5.01 Å². The van der Waals surface area contributed by atoms with Crippen LogP contribution in [0.5, 0.6) is 0 Å². The van der Waals surface area contributed by atoms with Gasteiger partial charge < -0.3 is 5.32 Å². The van der Waals surface area contributed by atoms with Crippen LogP contribution in [0.4, 0.5) is 0 Å². The first-order valence-corrected chi connectivity index (χ1v) is 7.19. The van der Waals surface area contributed by atoms with E-state index in [9.17, 15) is 4.79 Å². The average Bonchev–Trinajstić information content (AvgIpc) is 2.84. The summed E-state index contributed by atoms with van der Waals surface area (Å²) in [6, 6.07) is 5.58. The lowest BCUT2D eigenvalue weighted by Crippen LogP contribution is -2.34. The fourth-order valence-electron chi connectivity index (χ4n) is 1.27. The summed E-state index contributed by atoms with van der Waals surface area (Å²) in [5, 5.41) is 5.09. The smallest absolute Gasteiger partial charge is 0.272 e. The second kappa shape index (κ2) is 6.05. The van der Waals surface area contributed by atoms with Crippen LogP contribution in [-0.4, -0.2) is 19.7 Å². The molecule has 0 radical (unpaired) electrons. The van der Waals surface area contributed by atoms with Crippen molar-refractivity contribution in [2.24, 2.45) is 0 Å². The molecule has 100 valence electrons. The molecule has 2 heterocycles. The maximum atomic E-state index is 11.4. The Morgan fingerprint density at radius 1 is 1.37 bits per heavy atom. The number of alkyl halides is 3. The first-order chi connectivity index (χ1) is 8.97. The van der Waals surface area contributed by atoms with E-state index in [4.69, 9.17) is 34.8 Å². The Hall–Kier alpha value is -0.880. The van der Waals surface area contributed by atoms with Crippen molar-refractivity contribution in [1.29, 1.82) is 0 Å². The molecule has 0 fully saturated rings. The van der Waals surface area contributed by atoms with Crippen LogP contribution in [-0.2, 0) is 11.3 Å². The van der Waals surface area contributed by atoms with E-state index in [0.717, 1.165) is 10.7 Å². The molecule has 2 rings (SSSR count). The van der Waals surface area contributed by atoms with E-state index >= 15 is 0 Å². The summed E-state index contributed by atoms with van der Waals surface area (Å²) in [6.45, 7) is 0.204. The topological polar surface area (TPSA) is 54.9 Å². The molecule has 19 heavy (non-hydrogen) atoms. The molecule has 8 heteroatoms. The van der Waals surface area contributed by atoms with E-state index in [2.05, 4.69) is 15.3 Å². The molecule has 0 atom stereocenters. The zero-order chi connectivity index (χ0) is 13.9. The van der Waals surface area contributed by atoms with Crippen molar-refractivity contribution >= 4 is 52.0 Å². The Balaban J connectivity index is 2.01. The van der Waals surface area contributed by atoms with Crippen LogP contribution < -0.4 is 5.32 Å². The molecule has 1 amide bonds. The molecule has 0 aliphatic carbocycles. The van der Waals surface area contributed by atoms with Crippen LogP contribution in [0.15, 0.2) is 29.8 Å². The Morgan fingerprint density at radius 3 is 2.79 bits per heavy atom. The normalized spacial score (nSPS) is 11.3. The largest absolute Gasteiger partial charge is 0.347 e. The zero-order valence-electron chi connectivity index (χ0n) is 9.44. The van der Waals surface area contributed by atoms with Crippen LogP contribution in [0.1, 0.15) is 5.69 Å². The van der Waals surface area contributed by atoms with E-state index < -0.39 is 9.70 Å². The molecule has 0 spiro atoms. The lowest BCUT2D eigenvalue weighted by molar-refractivity contribution is -0.120. The average molecular weight is 337 g/mol. The predicted octanol–water partition coefficient (Wildman–Crippen LogP) is 3.19. The van der Waals surface area contributed by atoms with Crippen molar-refractivity contribution in [3.05, 3.63) is 35.5 Å². The summed E-state index contributed by atoms with van der Waals surface area (Å²) < 4.78 is -1.96. The fourth-order valence-corrected chi connectivity index (χ4v) is 2.26. The van der Waals surface area contributed by atoms with Gasteiger partial charge >= 0.3 is 0 Å². The highest BCUT2D eigenvalue weighted by Gasteiger charge is 2.30. The van der Waals surface area contributed by atoms with Gasteiger partial charge in [0.25, 0.3) is 9.70 Å². The van der Waals surface area contributed by atoms with Gasteiger partial charge in [-0.15, -0.1) is 11.3 Å².